The van der Waals surface area contributed by atoms with Crippen LogP contribution in [0.4, 0.5) is 10.1 Å². The summed E-state index contributed by atoms with van der Waals surface area (Å²) in [5.41, 5.74) is 1.36. The Morgan fingerprint density at radius 3 is 2.40 bits per heavy atom. The molecule has 106 valence electrons. The largest absolute Gasteiger partial charge is 0.283 e. The van der Waals surface area contributed by atoms with Gasteiger partial charge in [0.1, 0.15) is 5.82 Å². The van der Waals surface area contributed by atoms with Crippen molar-refractivity contribution in [3.05, 3.63) is 64.4 Å². The van der Waals surface area contributed by atoms with Crippen LogP contribution in [0.15, 0.2) is 42.5 Å². The molecular weight excluding hydrogens is 301 g/mol. The minimum atomic E-state index is -3.55. The summed E-state index contributed by atoms with van der Waals surface area (Å²) >= 11 is 5.74. The lowest BCUT2D eigenvalue weighted by Gasteiger charge is -2.09. The van der Waals surface area contributed by atoms with E-state index in [2.05, 4.69) is 4.72 Å². The van der Waals surface area contributed by atoms with E-state index in [4.69, 9.17) is 11.6 Å². The highest BCUT2D eigenvalue weighted by Crippen LogP contribution is 2.17. The number of nitrogens with one attached hydrogen (secondary N) is 1. The fraction of sp³-hybridized carbons (Fsp3) is 0.143. The molecule has 0 aliphatic carbocycles. The number of rotatable bonds is 4. The molecule has 0 heterocycles. The fourth-order valence-electron chi connectivity index (χ4n) is 1.72. The topological polar surface area (TPSA) is 46.2 Å². The summed E-state index contributed by atoms with van der Waals surface area (Å²) in [6, 6.07) is 10.6. The van der Waals surface area contributed by atoms with Crippen molar-refractivity contribution >= 4 is 27.3 Å². The van der Waals surface area contributed by atoms with Crippen LogP contribution in [0, 0.1) is 12.7 Å². The van der Waals surface area contributed by atoms with Gasteiger partial charge in [-0.2, -0.15) is 0 Å². The number of halogens is 2. The maximum Gasteiger partial charge on any atom is 0.236 e. The van der Waals surface area contributed by atoms with Crippen molar-refractivity contribution in [2.24, 2.45) is 0 Å². The molecule has 1 N–H and O–H groups in total. The quantitative estimate of drug-likeness (QED) is 0.935. The molecule has 0 unspecified atom stereocenters. The lowest BCUT2D eigenvalue weighted by Crippen LogP contribution is -2.15. The number of hydrogen-bond acceptors (Lipinski definition) is 2. The second-order valence-electron chi connectivity index (χ2n) is 4.45. The first-order chi connectivity index (χ1) is 9.35. The van der Waals surface area contributed by atoms with Gasteiger partial charge in [-0.25, -0.2) is 12.8 Å². The molecule has 0 aliphatic rings. The summed E-state index contributed by atoms with van der Waals surface area (Å²) in [6.45, 7) is 1.58. The van der Waals surface area contributed by atoms with E-state index in [-0.39, 0.29) is 11.6 Å². The van der Waals surface area contributed by atoms with Crippen LogP contribution in [-0.4, -0.2) is 8.42 Å². The zero-order chi connectivity index (χ0) is 14.8. The highest BCUT2D eigenvalue weighted by molar-refractivity contribution is 7.91. The van der Waals surface area contributed by atoms with Crippen molar-refractivity contribution in [2.75, 3.05) is 4.72 Å². The third-order valence-electron chi connectivity index (χ3n) is 2.70. The summed E-state index contributed by atoms with van der Waals surface area (Å²) in [7, 11) is -3.55. The number of hydrogen-bond donors (Lipinski definition) is 1. The highest BCUT2D eigenvalue weighted by atomic mass is 35.5. The van der Waals surface area contributed by atoms with Crippen LogP contribution in [0.25, 0.3) is 0 Å². The van der Waals surface area contributed by atoms with E-state index in [9.17, 15) is 12.8 Å². The van der Waals surface area contributed by atoms with Gasteiger partial charge in [0.2, 0.25) is 10.0 Å². The Hall–Kier alpha value is -1.59. The van der Waals surface area contributed by atoms with E-state index >= 15 is 0 Å². The molecule has 0 atom stereocenters. The zero-order valence-corrected chi connectivity index (χ0v) is 12.3. The summed E-state index contributed by atoms with van der Waals surface area (Å²) in [6.07, 6.45) is 0. The Balaban J connectivity index is 2.14. The van der Waals surface area contributed by atoms with Crippen LogP contribution in [0.2, 0.25) is 5.02 Å². The number of aryl methyl sites for hydroxylation is 1. The number of anilines is 1. The molecule has 0 spiro atoms. The first kappa shape index (κ1) is 14.8. The first-order valence-electron chi connectivity index (χ1n) is 5.87. The summed E-state index contributed by atoms with van der Waals surface area (Å²) in [5.74, 6) is -0.536. The van der Waals surface area contributed by atoms with Gasteiger partial charge in [0.15, 0.2) is 0 Å². The number of benzene rings is 2. The Bertz CT molecular complexity index is 714. The van der Waals surface area contributed by atoms with Crippen molar-refractivity contribution in [1.29, 1.82) is 0 Å². The number of sulfonamides is 1. The summed E-state index contributed by atoms with van der Waals surface area (Å²) in [5, 5.41) is 0.549. The van der Waals surface area contributed by atoms with Gasteiger partial charge in [-0.1, -0.05) is 23.7 Å². The highest BCUT2D eigenvalue weighted by Gasteiger charge is 2.12. The third-order valence-corrected chi connectivity index (χ3v) is 4.21. The van der Waals surface area contributed by atoms with Gasteiger partial charge in [0, 0.05) is 10.7 Å². The Labute approximate surface area is 122 Å². The molecule has 20 heavy (non-hydrogen) atoms. The van der Waals surface area contributed by atoms with Crippen LogP contribution in [0.5, 0.6) is 0 Å². The van der Waals surface area contributed by atoms with Gasteiger partial charge < -0.3 is 0 Å². The van der Waals surface area contributed by atoms with Gasteiger partial charge in [-0.15, -0.1) is 0 Å². The maximum atomic E-state index is 13.1. The molecule has 2 rings (SSSR count). The molecule has 0 aliphatic heterocycles. The van der Waals surface area contributed by atoms with Crippen LogP contribution in [-0.2, 0) is 15.8 Å². The van der Waals surface area contributed by atoms with Crippen LogP contribution >= 0.6 is 11.6 Å². The van der Waals surface area contributed by atoms with E-state index < -0.39 is 10.0 Å². The molecule has 6 heteroatoms. The average Bonchev–Trinajstić information content (AvgIpc) is 2.36. The second-order valence-corrected chi connectivity index (χ2v) is 6.61. The predicted molar refractivity (Wildman–Crippen MR) is 78.8 cm³/mol. The van der Waals surface area contributed by atoms with Crippen LogP contribution < -0.4 is 4.72 Å². The fourth-order valence-corrected chi connectivity index (χ4v) is 3.04. The second kappa shape index (κ2) is 5.81. The SMILES string of the molecule is Cc1cc(NS(=O)(=O)Cc2ccc(Cl)cc2)ccc1F. The molecule has 0 fully saturated rings. The summed E-state index contributed by atoms with van der Waals surface area (Å²) < 4.78 is 39.6. The molecule has 0 saturated carbocycles. The smallest absolute Gasteiger partial charge is 0.236 e. The molecule has 0 bridgehead atoms. The molecule has 0 radical (unpaired) electrons. The minimum absolute atomic E-state index is 0.166. The van der Waals surface area contributed by atoms with Crippen molar-refractivity contribution in [2.45, 2.75) is 12.7 Å². The van der Waals surface area contributed by atoms with Gasteiger partial charge in [0.25, 0.3) is 0 Å². The van der Waals surface area contributed by atoms with Crippen LogP contribution in [0.1, 0.15) is 11.1 Å². The standard InChI is InChI=1S/C14H13ClFNO2S/c1-10-8-13(6-7-14(10)16)17-20(18,19)9-11-2-4-12(15)5-3-11/h2-8,17H,9H2,1H3. The molecule has 2 aromatic carbocycles. The van der Waals surface area contributed by atoms with Crippen molar-refractivity contribution in [3.8, 4) is 0 Å². The molecule has 0 saturated heterocycles. The lowest BCUT2D eigenvalue weighted by molar-refractivity contribution is 0.600. The first-order valence-corrected chi connectivity index (χ1v) is 7.90. The van der Waals surface area contributed by atoms with E-state index in [1.54, 1.807) is 31.2 Å². The lowest BCUT2D eigenvalue weighted by atomic mass is 10.2. The van der Waals surface area contributed by atoms with E-state index in [1.807, 2.05) is 0 Å². The van der Waals surface area contributed by atoms with Gasteiger partial charge in [-0.05, 0) is 48.4 Å². The molecular formula is C14H13ClFNO2S. The third kappa shape index (κ3) is 3.95. The Kier molecular flexibility index (Phi) is 4.30. The van der Waals surface area contributed by atoms with Crippen molar-refractivity contribution in [3.63, 3.8) is 0 Å². The van der Waals surface area contributed by atoms with Gasteiger partial charge in [-0.3, -0.25) is 4.72 Å². The average molecular weight is 314 g/mol. The summed E-state index contributed by atoms with van der Waals surface area (Å²) in [4.78, 5) is 0. The van der Waals surface area contributed by atoms with Crippen molar-refractivity contribution < 1.29 is 12.8 Å². The van der Waals surface area contributed by atoms with Gasteiger partial charge >= 0.3 is 0 Å². The monoisotopic (exact) mass is 313 g/mol. The minimum Gasteiger partial charge on any atom is -0.283 e. The maximum absolute atomic E-state index is 13.1. The molecule has 0 amide bonds. The normalized spacial score (nSPS) is 11.3. The molecule has 0 aromatic heterocycles. The molecule has 3 nitrogen and oxygen atoms in total. The zero-order valence-electron chi connectivity index (χ0n) is 10.7. The molecule has 2 aromatic rings. The van der Waals surface area contributed by atoms with E-state index in [0.29, 0.717) is 21.8 Å². The van der Waals surface area contributed by atoms with E-state index in [1.165, 1.54) is 18.2 Å². The van der Waals surface area contributed by atoms with Crippen LogP contribution in [0.3, 0.4) is 0 Å². The van der Waals surface area contributed by atoms with Crippen molar-refractivity contribution in [1.82, 2.24) is 0 Å². The van der Waals surface area contributed by atoms with E-state index in [0.717, 1.165) is 0 Å². The Morgan fingerprint density at radius 1 is 1.15 bits per heavy atom. The van der Waals surface area contributed by atoms with Gasteiger partial charge in [0.05, 0.1) is 5.75 Å². The predicted octanol–water partition coefficient (Wildman–Crippen LogP) is 3.73. The Morgan fingerprint density at radius 2 is 1.80 bits per heavy atom.